The monoisotopic (exact) mass is 291 g/mol. The molecule has 0 bridgehead atoms. The van der Waals surface area contributed by atoms with Gasteiger partial charge in [0.1, 0.15) is 6.54 Å². The fourth-order valence-electron chi connectivity index (χ4n) is 2.14. The Labute approximate surface area is 126 Å². The van der Waals surface area contributed by atoms with Gasteiger partial charge in [0.2, 0.25) is 5.91 Å². The van der Waals surface area contributed by atoms with E-state index in [-0.39, 0.29) is 24.4 Å². The van der Waals surface area contributed by atoms with Crippen LogP contribution in [0, 0.1) is 17.2 Å². The number of hydrogen-bond donors (Lipinski definition) is 2. The van der Waals surface area contributed by atoms with Crippen LogP contribution in [-0.2, 0) is 4.79 Å². The molecule has 0 aliphatic heterocycles. The number of nitrogens with zero attached hydrogens (tertiary/aromatic N) is 3. The second-order valence-corrected chi connectivity index (χ2v) is 5.68. The largest absolute Gasteiger partial charge is 0.353 e. The summed E-state index contributed by atoms with van der Waals surface area (Å²) in [6, 6.07) is 2.43. The highest BCUT2D eigenvalue weighted by molar-refractivity contribution is 5.85. The molecule has 2 N–H and O–H groups in total. The number of rotatable bonds is 5. The van der Waals surface area contributed by atoms with Gasteiger partial charge in [-0.05, 0) is 26.2 Å². The van der Waals surface area contributed by atoms with Crippen molar-refractivity contribution in [1.82, 2.24) is 15.5 Å². The minimum absolute atomic E-state index is 0.00591. The Bertz CT molecular complexity index is 449. The lowest BCUT2D eigenvalue weighted by molar-refractivity contribution is -0.127. The zero-order valence-electron chi connectivity index (χ0n) is 13.1. The summed E-state index contributed by atoms with van der Waals surface area (Å²) >= 11 is 0. The Balaban J connectivity index is 2.67. The minimum atomic E-state index is -0.0605. The first-order valence-corrected chi connectivity index (χ1v) is 7.23. The standard InChI is InChI=1S/C15H25N5O/c1-11(2)9-17-15(18-10-14(21)20(3)4)19-13-7-5-6-12(13)8-16/h12-13H,1,5-7,9-10H2,2-4H3,(H2,17,18,19). The van der Waals surface area contributed by atoms with E-state index in [4.69, 9.17) is 5.26 Å². The molecule has 116 valence electrons. The normalized spacial score (nSPS) is 21.5. The van der Waals surface area contributed by atoms with Gasteiger partial charge in [-0.15, -0.1) is 0 Å². The molecule has 6 nitrogen and oxygen atoms in total. The number of nitrogens with one attached hydrogen (secondary N) is 2. The highest BCUT2D eigenvalue weighted by Gasteiger charge is 2.27. The number of aliphatic imine (C=N–C) groups is 1. The van der Waals surface area contributed by atoms with Crippen LogP contribution in [0.2, 0.25) is 0 Å². The predicted octanol–water partition coefficient (Wildman–Crippen LogP) is 0.878. The SMILES string of the molecule is C=C(C)CNC(=NCC(=O)N(C)C)NC1CCCC1C#N. The van der Waals surface area contributed by atoms with Crippen LogP contribution >= 0.6 is 0 Å². The quantitative estimate of drug-likeness (QED) is 0.447. The highest BCUT2D eigenvalue weighted by atomic mass is 16.2. The minimum Gasteiger partial charge on any atom is -0.353 e. The molecule has 1 aliphatic carbocycles. The summed E-state index contributed by atoms with van der Waals surface area (Å²) in [4.78, 5) is 17.4. The van der Waals surface area contributed by atoms with Crippen LogP contribution in [0.4, 0.5) is 0 Å². The fourth-order valence-corrected chi connectivity index (χ4v) is 2.14. The molecule has 0 aromatic carbocycles. The first-order valence-electron chi connectivity index (χ1n) is 7.23. The average Bonchev–Trinajstić information content (AvgIpc) is 2.88. The van der Waals surface area contributed by atoms with Crippen LogP contribution in [0.5, 0.6) is 0 Å². The van der Waals surface area contributed by atoms with Gasteiger partial charge in [-0.3, -0.25) is 4.79 Å². The maximum atomic E-state index is 11.6. The van der Waals surface area contributed by atoms with Gasteiger partial charge < -0.3 is 15.5 Å². The molecule has 2 unspecified atom stereocenters. The maximum Gasteiger partial charge on any atom is 0.243 e. The van der Waals surface area contributed by atoms with Crippen LogP contribution < -0.4 is 10.6 Å². The molecule has 1 rings (SSSR count). The number of amides is 1. The van der Waals surface area contributed by atoms with Gasteiger partial charge in [-0.25, -0.2) is 4.99 Å². The number of hydrogen-bond acceptors (Lipinski definition) is 3. The van der Waals surface area contributed by atoms with Crippen LogP contribution in [0.3, 0.4) is 0 Å². The molecule has 0 saturated heterocycles. The number of guanidine groups is 1. The van der Waals surface area contributed by atoms with E-state index in [2.05, 4.69) is 28.3 Å². The molecule has 1 amide bonds. The van der Waals surface area contributed by atoms with Gasteiger partial charge in [-0.1, -0.05) is 12.2 Å². The van der Waals surface area contributed by atoms with Crippen LogP contribution in [0.1, 0.15) is 26.2 Å². The van der Waals surface area contributed by atoms with E-state index in [9.17, 15) is 4.79 Å². The summed E-state index contributed by atoms with van der Waals surface area (Å²) < 4.78 is 0. The van der Waals surface area contributed by atoms with E-state index in [1.807, 2.05) is 6.92 Å². The molecule has 0 spiro atoms. The molecule has 6 heteroatoms. The molecule has 2 atom stereocenters. The van der Waals surface area contributed by atoms with Gasteiger partial charge in [0, 0.05) is 26.7 Å². The van der Waals surface area contributed by atoms with E-state index in [1.165, 1.54) is 4.90 Å². The van der Waals surface area contributed by atoms with E-state index in [0.29, 0.717) is 12.5 Å². The Kier molecular flexibility index (Phi) is 6.73. The Hall–Kier alpha value is -2.03. The zero-order chi connectivity index (χ0) is 15.8. The topological polar surface area (TPSA) is 80.5 Å². The summed E-state index contributed by atoms with van der Waals surface area (Å²) in [5, 5.41) is 15.5. The molecule has 0 heterocycles. The van der Waals surface area contributed by atoms with Crippen molar-refractivity contribution in [1.29, 1.82) is 5.26 Å². The number of carbonyl (C=O) groups excluding carboxylic acids is 1. The van der Waals surface area contributed by atoms with Crippen molar-refractivity contribution in [3.05, 3.63) is 12.2 Å². The van der Waals surface area contributed by atoms with E-state index < -0.39 is 0 Å². The first-order chi connectivity index (χ1) is 9.93. The summed E-state index contributed by atoms with van der Waals surface area (Å²) in [5.41, 5.74) is 0.978. The summed E-state index contributed by atoms with van der Waals surface area (Å²) in [6.45, 7) is 6.44. The first kappa shape index (κ1) is 17.0. The van der Waals surface area contributed by atoms with E-state index in [1.54, 1.807) is 14.1 Å². The molecular formula is C15H25N5O. The van der Waals surface area contributed by atoms with Gasteiger partial charge in [0.05, 0.1) is 12.0 Å². The fraction of sp³-hybridized carbons (Fsp3) is 0.667. The maximum absolute atomic E-state index is 11.6. The molecule has 0 radical (unpaired) electrons. The van der Waals surface area contributed by atoms with Crippen molar-refractivity contribution in [2.75, 3.05) is 27.2 Å². The van der Waals surface area contributed by atoms with Crippen molar-refractivity contribution in [3.63, 3.8) is 0 Å². The van der Waals surface area contributed by atoms with E-state index in [0.717, 1.165) is 24.8 Å². The molecule has 0 aromatic rings. The molecule has 21 heavy (non-hydrogen) atoms. The summed E-state index contributed by atoms with van der Waals surface area (Å²) in [7, 11) is 3.41. The molecule has 0 aromatic heterocycles. The van der Waals surface area contributed by atoms with E-state index >= 15 is 0 Å². The lowest BCUT2D eigenvalue weighted by atomic mass is 10.1. The number of likely N-dealkylation sites (N-methyl/N-ethyl adjacent to an activating group) is 1. The number of nitriles is 1. The predicted molar refractivity (Wildman–Crippen MR) is 83.7 cm³/mol. The van der Waals surface area contributed by atoms with Crippen LogP contribution in [0.15, 0.2) is 17.1 Å². The Morgan fingerprint density at radius 2 is 2.19 bits per heavy atom. The van der Waals surface area contributed by atoms with Crippen molar-refractivity contribution >= 4 is 11.9 Å². The van der Waals surface area contributed by atoms with Crippen LogP contribution in [0.25, 0.3) is 0 Å². The third kappa shape index (κ3) is 5.86. The molecule has 1 fully saturated rings. The molecule has 1 aliphatic rings. The van der Waals surface area contributed by atoms with Crippen molar-refractivity contribution in [2.45, 2.75) is 32.2 Å². The van der Waals surface area contributed by atoms with Crippen LogP contribution in [-0.4, -0.2) is 50.0 Å². The lowest BCUT2D eigenvalue weighted by Gasteiger charge is -2.20. The third-order valence-electron chi connectivity index (χ3n) is 3.43. The summed E-state index contributed by atoms with van der Waals surface area (Å²) in [6.07, 6.45) is 2.91. The second-order valence-electron chi connectivity index (χ2n) is 5.68. The van der Waals surface area contributed by atoms with Crippen molar-refractivity contribution in [2.24, 2.45) is 10.9 Å². The van der Waals surface area contributed by atoms with Crippen molar-refractivity contribution < 1.29 is 4.79 Å². The lowest BCUT2D eigenvalue weighted by Crippen LogP contribution is -2.45. The molecular weight excluding hydrogens is 266 g/mol. The third-order valence-corrected chi connectivity index (χ3v) is 3.43. The molecule has 1 saturated carbocycles. The Morgan fingerprint density at radius 1 is 1.48 bits per heavy atom. The van der Waals surface area contributed by atoms with Gasteiger partial charge in [0.25, 0.3) is 0 Å². The average molecular weight is 291 g/mol. The Morgan fingerprint density at radius 3 is 2.76 bits per heavy atom. The van der Waals surface area contributed by atoms with Crippen molar-refractivity contribution in [3.8, 4) is 6.07 Å². The zero-order valence-corrected chi connectivity index (χ0v) is 13.1. The second kappa shape index (κ2) is 8.30. The highest BCUT2D eigenvalue weighted by Crippen LogP contribution is 2.24. The van der Waals surface area contributed by atoms with Gasteiger partial charge in [0.15, 0.2) is 5.96 Å². The summed E-state index contributed by atoms with van der Waals surface area (Å²) in [5.74, 6) is 0.515. The van der Waals surface area contributed by atoms with Gasteiger partial charge in [-0.2, -0.15) is 5.26 Å². The smallest absolute Gasteiger partial charge is 0.243 e. The number of carbonyl (C=O) groups is 1. The van der Waals surface area contributed by atoms with Gasteiger partial charge >= 0.3 is 0 Å².